The van der Waals surface area contributed by atoms with E-state index in [2.05, 4.69) is 5.32 Å². The molecule has 1 aromatic carbocycles. The second-order valence-electron chi connectivity index (χ2n) is 6.58. The van der Waals surface area contributed by atoms with Gasteiger partial charge >= 0.3 is 0 Å². The lowest BCUT2D eigenvalue weighted by atomic mass is 10.1. The topological polar surface area (TPSA) is 67.7 Å². The minimum absolute atomic E-state index is 0.0265. The van der Waals surface area contributed by atoms with Crippen LogP contribution in [-0.2, 0) is 14.6 Å². The van der Waals surface area contributed by atoms with Crippen molar-refractivity contribution in [3.8, 4) is 0 Å². The number of hydrogen-bond donors (Lipinski definition) is 2. The number of carbonyl (C=O) groups excluding carboxylic acids is 1. The Morgan fingerprint density at radius 3 is 2.43 bits per heavy atom. The molecule has 0 heterocycles. The number of benzene rings is 1. The van der Waals surface area contributed by atoms with Gasteiger partial charge in [-0.1, -0.05) is 23.2 Å². The summed E-state index contributed by atoms with van der Waals surface area (Å²) in [7, 11) is -1.77. The van der Waals surface area contributed by atoms with Gasteiger partial charge in [0.2, 0.25) is 0 Å². The van der Waals surface area contributed by atoms with Gasteiger partial charge in [0, 0.05) is 10.6 Å². The van der Waals surface area contributed by atoms with Gasteiger partial charge in [0.25, 0.3) is 5.91 Å². The van der Waals surface area contributed by atoms with Gasteiger partial charge in [0.15, 0.2) is 16.4 Å². The van der Waals surface area contributed by atoms with Crippen molar-refractivity contribution >= 4 is 38.9 Å². The van der Waals surface area contributed by atoms with Gasteiger partial charge in [0.05, 0.1) is 23.5 Å². The summed E-state index contributed by atoms with van der Waals surface area (Å²) >= 11 is 11.8. The Kier molecular flexibility index (Phi) is 6.89. The van der Waals surface area contributed by atoms with Crippen LogP contribution in [-0.4, -0.2) is 45.8 Å². The predicted octanol–water partition coefficient (Wildman–Crippen LogP) is 1.20. The SMILES string of the molecule is C[NH+](CCS(=O)(=O)c1cc(Cl)ccc1Cl)CC(=O)NC(C)(C)C. The first-order valence-electron chi connectivity index (χ1n) is 7.21. The summed E-state index contributed by atoms with van der Waals surface area (Å²) in [6.45, 7) is 6.18. The second-order valence-corrected chi connectivity index (χ2v) is 9.50. The number of nitrogens with one attached hydrogen (secondary N) is 2. The molecule has 0 bridgehead atoms. The number of hydrogen-bond acceptors (Lipinski definition) is 3. The van der Waals surface area contributed by atoms with Crippen LogP contribution < -0.4 is 10.2 Å². The number of quaternary nitrogens is 1. The Balaban J connectivity index is 2.66. The van der Waals surface area contributed by atoms with Crippen molar-refractivity contribution in [3.63, 3.8) is 0 Å². The third-order valence-corrected chi connectivity index (χ3v) is 5.43. The van der Waals surface area contributed by atoms with E-state index in [1.165, 1.54) is 18.2 Å². The monoisotopic (exact) mass is 381 g/mol. The molecule has 0 fully saturated rings. The summed E-state index contributed by atoms with van der Waals surface area (Å²) < 4.78 is 24.7. The molecule has 2 N–H and O–H groups in total. The van der Waals surface area contributed by atoms with Gasteiger partial charge in [-0.25, -0.2) is 8.42 Å². The zero-order valence-electron chi connectivity index (χ0n) is 13.7. The van der Waals surface area contributed by atoms with Crippen LogP contribution in [0.25, 0.3) is 0 Å². The fraction of sp³-hybridized carbons (Fsp3) is 0.533. The molecular formula is C15H23Cl2N2O3S+. The lowest BCUT2D eigenvalue weighted by molar-refractivity contribution is -0.868. The molecule has 0 aliphatic heterocycles. The van der Waals surface area contributed by atoms with E-state index >= 15 is 0 Å². The van der Waals surface area contributed by atoms with Gasteiger partial charge in [-0.2, -0.15) is 0 Å². The number of likely N-dealkylation sites (N-methyl/N-ethyl adjacent to an activating group) is 1. The first-order valence-corrected chi connectivity index (χ1v) is 9.62. The van der Waals surface area contributed by atoms with Gasteiger partial charge < -0.3 is 10.2 Å². The molecular weight excluding hydrogens is 359 g/mol. The lowest BCUT2D eigenvalue weighted by Crippen LogP contribution is -3.10. The highest BCUT2D eigenvalue weighted by molar-refractivity contribution is 7.91. The highest BCUT2D eigenvalue weighted by atomic mass is 35.5. The number of rotatable bonds is 6. The maximum absolute atomic E-state index is 12.4. The van der Waals surface area contributed by atoms with E-state index in [0.717, 1.165) is 4.90 Å². The summed E-state index contributed by atoms with van der Waals surface area (Å²) in [4.78, 5) is 12.7. The number of halogens is 2. The molecule has 1 aromatic rings. The smallest absolute Gasteiger partial charge is 0.275 e. The molecule has 8 heteroatoms. The molecule has 1 unspecified atom stereocenters. The van der Waals surface area contributed by atoms with E-state index in [1.807, 2.05) is 20.8 Å². The lowest BCUT2D eigenvalue weighted by Gasteiger charge is -2.22. The molecule has 1 rings (SSSR count). The van der Waals surface area contributed by atoms with Crippen molar-refractivity contribution < 1.29 is 18.1 Å². The number of sulfone groups is 1. The molecule has 5 nitrogen and oxygen atoms in total. The third-order valence-electron chi connectivity index (χ3n) is 3.00. The number of carbonyl (C=O) groups is 1. The molecule has 1 amide bonds. The van der Waals surface area contributed by atoms with Crippen LogP contribution in [0.3, 0.4) is 0 Å². The fourth-order valence-electron chi connectivity index (χ4n) is 1.96. The minimum Gasteiger partial charge on any atom is -0.347 e. The Morgan fingerprint density at radius 1 is 1.26 bits per heavy atom. The Labute approximate surface area is 147 Å². The van der Waals surface area contributed by atoms with Crippen molar-refractivity contribution in [2.24, 2.45) is 0 Å². The summed E-state index contributed by atoms with van der Waals surface area (Å²) in [5, 5.41) is 3.32. The molecule has 130 valence electrons. The average Bonchev–Trinajstić information content (AvgIpc) is 2.37. The zero-order chi connectivity index (χ0) is 17.8. The van der Waals surface area contributed by atoms with E-state index < -0.39 is 9.84 Å². The van der Waals surface area contributed by atoms with Crippen LogP contribution in [0.5, 0.6) is 0 Å². The maximum Gasteiger partial charge on any atom is 0.275 e. The van der Waals surface area contributed by atoms with E-state index in [4.69, 9.17) is 23.2 Å². The van der Waals surface area contributed by atoms with Crippen LogP contribution >= 0.6 is 23.2 Å². The number of amides is 1. The minimum atomic E-state index is -3.55. The van der Waals surface area contributed by atoms with Crippen molar-refractivity contribution in [2.45, 2.75) is 31.2 Å². The van der Waals surface area contributed by atoms with Crippen molar-refractivity contribution in [3.05, 3.63) is 28.2 Å². The van der Waals surface area contributed by atoms with Crippen molar-refractivity contribution in [1.29, 1.82) is 0 Å². The van der Waals surface area contributed by atoms with Crippen LogP contribution in [0, 0.1) is 0 Å². The molecule has 23 heavy (non-hydrogen) atoms. The quantitative estimate of drug-likeness (QED) is 0.777. The summed E-state index contributed by atoms with van der Waals surface area (Å²) in [6.07, 6.45) is 0. The van der Waals surface area contributed by atoms with Crippen LogP contribution in [0.1, 0.15) is 20.8 Å². The van der Waals surface area contributed by atoms with Gasteiger partial charge in [-0.3, -0.25) is 4.79 Å². The predicted molar refractivity (Wildman–Crippen MR) is 93.0 cm³/mol. The van der Waals surface area contributed by atoms with Crippen molar-refractivity contribution in [2.75, 3.05) is 25.9 Å². The van der Waals surface area contributed by atoms with Gasteiger partial charge in [0.1, 0.15) is 5.75 Å². The van der Waals surface area contributed by atoms with Gasteiger partial charge in [-0.05, 0) is 39.0 Å². The largest absolute Gasteiger partial charge is 0.347 e. The molecule has 1 atom stereocenters. The first-order chi connectivity index (χ1) is 10.4. The summed E-state index contributed by atoms with van der Waals surface area (Å²) in [5.41, 5.74) is -0.308. The van der Waals surface area contributed by atoms with E-state index in [9.17, 15) is 13.2 Å². The van der Waals surface area contributed by atoms with E-state index in [1.54, 1.807) is 7.05 Å². The molecule has 0 aromatic heterocycles. The maximum atomic E-state index is 12.4. The third kappa shape index (κ3) is 7.08. The molecule has 0 aliphatic carbocycles. The normalized spacial score (nSPS) is 13.7. The van der Waals surface area contributed by atoms with E-state index in [0.29, 0.717) is 11.6 Å². The zero-order valence-corrected chi connectivity index (χ0v) is 16.1. The average molecular weight is 382 g/mol. The Morgan fingerprint density at radius 2 is 1.87 bits per heavy atom. The summed E-state index contributed by atoms with van der Waals surface area (Å²) in [6, 6.07) is 4.35. The standard InChI is InChI=1S/C15H22Cl2N2O3S/c1-15(2,3)18-14(20)10-19(4)7-8-23(21,22)13-9-11(16)5-6-12(13)17/h5-6,9H,7-8,10H2,1-4H3,(H,18,20)/p+1. The first kappa shape index (κ1) is 20.2. The molecule has 0 aliphatic rings. The van der Waals surface area contributed by atoms with Gasteiger partial charge in [-0.15, -0.1) is 0 Å². The Hall–Kier alpha value is -0.820. The highest BCUT2D eigenvalue weighted by Crippen LogP contribution is 2.25. The molecule has 0 spiro atoms. The molecule has 0 radical (unpaired) electrons. The van der Waals surface area contributed by atoms with E-state index in [-0.39, 0.29) is 33.7 Å². The van der Waals surface area contributed by atoms with Crippen LogP contribution in [0.15, 0.2) is 23.1 Å². The van der Waals surface area contributed by atoms with Crippen molar-refractivity contribution in [1.82, 2.24) is 5.32 Å². The van der Waals surface area contributed by atoms with Crippen LogP contribution in [0.2, 0.25) is 10.0 Å². The summed E-state index contributed by atoms with van der Waals surface area (Å²) in [5.74, 6) is -0.227. The highest BCUT2D eigenvalue weighted by Gasteiger charge is 2.22. The second kappa shape index (κ2) is 7.83. The fourth-order valence-corrected chi connectivity index (χ4v) is 4.17. The molecule has 0 saturated carbocycles. The Bertz CT molecular complexity index is 670. The van der Waals surface area contributed by atoms with Crippen LogP contribution in [0.4, 0.5) is 0 Å². The molecule has 0 saturated heterocycles.